The van der Waals surface area contributed by atoms with Crippen molar-refractivity contribution in [3.05, 3.63) is 65.2 Å². The van der Waals surface area contributed by atoms with E-state index in [9.17, 15) is 9.90 Å². The number of aryl methyl sites for hydroxylation is 1. The molecule has 3 nitrogen and oxygen atoms in total. The molecule has 0 saturated heterocycles. The quantitative estimate of drug-likeness (QED) is 0.463. The Morgan fingerprint density at radius 3 is 2.78 bits per heavy atom. The fourth-order valence-electron chi connectivity index (χ4n) is 2.21. The van der Waals surface area contributed by atoms with Gasteiger partial charge < -0.3 is 9.84 Å². The molecule has 0 amide bonds. The lowest BCUT2D eigenvalue weighted by Crippen LogP contribution is -1.98. The highest BCUT2D eigenvalue weighted by molar-refractivity contribution is 6.18. The molecule has 1 N–H and O–H groups in total. The topological polar surface area (TPSA) is 46.5 Å². The molecule has 2 rings (SSSR count). The Bertz CT molecular complexity index is 708. The van der Waals surface area contributed by atoms with Gasteiger partial charge in [0.1, 0.15) is 11.5 Å². The van der Waals surface area contributed by atoms with Crippen LogP contribution in [0, 0.1) is 0 Å². The van der Waals surface area contributed by atoms with Crippen molar-refractivity contribution in [3.8, 4) is 11.5 Å². The summed E-state index contributed by atoms with van der Waals surface area (Å²) in [5.74, 6) is 1.16. The zero-order chi connectivity index (χ0) is 16.7. The van der Waals surface area contributed by atoms with E-state index in [2.05, 4.69) is 0 Å². The van der Waals surface area contributed by atoms with Crippen LogP contribution in [0.3, 0.4) is 0 Å². The molecular weight excluding hydrogens is 312 g/mol. The van der Waals surface area contributed by atoms with Gasteiger partial charge in [-0.1, -0.05) is 18.2 Å². The van der Waals surface area contributed by atoms with Crippen LogP contribution in [0.2, 0.25) is 0 Å². The SMILES string of the molecule is CCOc1ccccc1/C=C/C(=O)c1ccc(O)c(CCCl)c1. The van der Waals surface area contributed by atoms with Gasteiger partial charge in [0.15, 0.2) is 5.78 Å². The standard InChI is InChI=1S/C19H19ClO3/c1-2-23-19-6-4-3-5-14(19)7-9-17(21)15-8-10-18(22)16(13-15)11-12-20/h3-10,13,22H,2,11-12H2,1H3/b9-7+. The summed E-state index contributed by atoms with van der Waals surface area (Å²) >= 11 is 5.70. The van der Waals surface area contributed by atoms with E-state index < -0.39 is 0 Å². The molecule has 4 heteroatoms. The number of hydrogen-bond acceptors (Lipinski definition) is 3. The van der Waals surface area contributed by atoms with Crippen molar-refractivity contribution < 1.29 is 14.6 Å². The van der Waals surface area contributed by atoms with Crippen LogP contribution in [0.4, 0.5) is 0 Å². The molecule has 2 aromatic rings. The molecule has 0 aliphatic rings. The van der Waals surface area contributed by atoms with Crippen LogP contribution in [0.15, 0.2) is 48.5 Å². The average Bonchev–Trinajstić information content (AvgIpc) is 2.56. The minimum Gasteiger partial charge on any atom is -0.508 e. The molecule has 0 unspecified atom stereocenters. The Kier molecular flexibility index (Phi) is 6.24. The highest BCUT2D eigenvalue weighted by Gasteiger charge is 2.07. The molecule has 23 heavy (non-hydrogen) atoms. The Labute approximate surface area is 141 Å². The van der Waals surface area contributed by atoms with Gasteiger partial charge in [-0.05, 0) is 55.3 Å². The van der Waals surface area contributed by atoms with Crippen molar-refractivity contribution >= 4 is 23.5 Å². The number of halogens is 1. The van der Waals surface area contributed by atoms with Gasteiger partial charge in [-0.25, -0.2) is 0 Å². The maximum absolute atomic E-state index is 12.3. The van der Waals surface area contributed by atoms with Gasteiger partial charge in [0.2, 0.25) is 0 Å². The summed E-state index contributed by atoms with van der Waals surface area (Å²) in [7, 11) is 0. The Hall–Kier alpha value is -2.26. The van der Waals surface area contributed by atoms with Gasteiger partial charge >= 0.3 is 0 Å². The third-order valence-corrected chi connectivity index (χ3v) is 3.55. The summed E-state index contributed by atoms with van der Waals surface area (Å²) in [5, 5.41) is 9.75. The van der Waals surface area contributed by atoms with Gasteiger partial charge in [0.25, 0.3) is 0 Å². The number of phenolic OH excluding ortho intramolecular Hbond substituents is 1. The predicted octanol–water partition coefficient (Wildman–Crippen LogP) is 4.47. The lowest BCUT2D eigenvalue weighted by molar-refractivity contribution is 0.104. The van der Waals surface area contributed by atoms with Crippen LogP contribution in [-0.4, -0.2) is 23.4 Å². The molecule has 0 heterocycles. The van der Waals surface area contributed by atoms with Crippen LogP contribution in [0.25, 0.3) is 6.08 Å². The molecule has 2 aromatic carbocycles. The number of ether oxygens (including phenoxy) is 1. The van der Waals surface area contributed by atoms with Crippen molar-refractivity contribution in [2.75, 3.05) is 12.5 Å². The van der Waals surface area contributed by atoms with Gasteiger partial charge in [-0.15, -0.1) is 11.6 Å². The first-order valence-electron chi connectivity index (χ1n) is 7.47. The fourth-order valence-corrected chi connectivity index (χ4v) is 2.41. The third-order valence-electron chi connectivity index (χ3n) is 3.36. The minimum absolute atomic E-state index is 0.132. The van der Waals surface area contributed by atoms with Crippen molar-refractivity contribution in [2.24, 2.45) is 0 Å². The molecule has 120 valence electrons. The normalized spacial score (nSPS) is 10.9. The van der Waals surface area contributed by atoms with Crippen molar-refractivity contribution in [3.63, 3.8) is 0 Å². The van der Waals surface area contributed by atoms with Gasteiger partial charge in [0, 0.05) is 17.0 Å². The second-order valence-electron chi connectivity index (χ2n) is 4.95. The molecule has 0 spiro atoms. The molecular formula is C19H19ClO3. The van der Waals surface area contributed by atoms with E-state index in [0.29, 0.717) is 30.0 Å². The number of aromatic hydroxyl groups is 1. The van der Waals surface area contributed by atoms with E-state index in [4.69, 9.17) is 16.3 Å². The monoisotopic (exact) mass is 330 g/mol. The van der Waals surface area contributed by atoms with E-state index in [1.54, 1.807) is 18.2 Å². The zero-order valence-corrected chi connectivity index (χ0v) is 13.7. The van der Waals surface area contributed by atoms with Crippen LogP contribution in [0.5, 0.6) is 11.5 Å². The Balaban J connectivity index is 2.20. The Morgan fingerprint density at radius 1 is 1.26 bits per heavy atom. The summed E-state index contributed by atoms with van der Waals surface area (Å²) in [4.78, 5) is 12.3. The number of allylic oxidation sites excluding steroid dienone is 1. The maximum atomic E-state index is 12.3. The van der Waals surface area contributed by atoms with E-state index >= 15 is 0 Å². The van der Waals surface area contributed by atoms with Crippen molar-refractivity contribution in [1.29, 1.82) is 0 Å². The number of hydrogen-bond donors (Lipinski definition) is 1. The predicted molar refractivity (Wildman–Crippen MR) is 93.5 cm³/mol. The van der Waals surface area contributed by atoms with Gasteiger partial charge in [-0.2, -0.15) is 0 Å². The molecule has 0 aliphatic heterocycles. The molecule has 0 atom stereocenters. The molecule has 0 radical (unpaired) electrons. The highest BCUT2D eigenvalue weighted by Crippen LogP contribution is 2.22. The van der Waals surface area contributed by atoms with Gasteiger partial charge in [0.05, 0.1) is 6.61 Å². The maximum Gasteiger partial charge on any atom is 0.185 e. The molecule has 0 bridgehead atoms. The third kappa shape index (κ3) is 4.60. The fraction of sp³-hybridized carbons (Fsp3) is 0.211. The first kappa shape index (κ1) is 17.1. The van der Waals surface area contributed by atoms with Crippen LogP contribution in [0.1, 0.15) is 28.4 Å². The summed E-state index contributed by atoms with van der Waals surface area (Å²) in [6, 6.07) is 12.4. The van der Waals surface area contributed by atoms with E-state index in [0.717, 1.165) is 11.3 Å². The second kappa shape index (κ2) is 8.39. The second-order valence-corrected chi connectivity index (χ2v) is 5.33. The lowest BCUT2D eigenvalue weighted by Gasteiger charge is -2.06. The van der Waals surface area contributed by atoms with E-state index in [1.165, 1.54) is 12.1 Å². The molecule has 0 fully saturated rings. The summed E-state index contributed by atoms with van der Waals surface area (Å²) in [5.41, 5.74) is 2.05. The minimum atomic E-state index is -0.132. The summed E-state index contributed by atoms with van der Waals surface area (Å²) < 4.78 is 5.53. The lowest BCUT2D eigenvalue weighted by atomic mass is 10.0. The van der Waals surface area contributed by atoms with Crippen LogP contribution >= 0.6 is 11.6 Å². The Morgan fingerprint density at radius 2 is 2.04 bits per heavy atom. The summed E-state index contributed by atoms with van der Waals surface area (Å²) in [6.45, 7) is 2.49. The largest absolute Gasteiger partial charge is 0.508 e. The van der Waals surface area contributed by atoms with Crippen molar-refractivity contribution in [1.82, 2.24) is 0 Å². The number of ketones is 1. The number of rotatable bonds is 7. The number of benzene rings is 2. The van der Waals surface area contributed by atoms with E-state index in [1.807, 2.05) is 31.2 Å². The van der Waals surface area contributed by atoms with Crippen LogP contribution in [-0.2, 0) is 6.42 Å². The van der Waals surface area contributed by atoms with E-state index in [-0.39, 0.29) is 11.5 Å². The first-order chi connectivity index (χ1) is 11.2. The number of phenols is 1. The molecule has 0 aliphatic carbocycles. The number of alkyl halides is 1. The van der Waals surface area contributed by atoms with Crippen molar-refractivity contribution in [2.45, 2.75) is 13.3 Å². The smallest absolute Gasteiger partial charge is 0.185 e. The van der Waals surface area contributed by atoms with Gasteiger partial charge in [-0.3, -0.25) is 4.79 Å². The number of carbonyl (C=O) groups is 1. The number of carbonyl (C=O) groups excluding carboxylic acids is 1. The average molecular weight is 331 g/mol. The first-order valence-corrected chi connectivity index (χ1v) is 8.01. The highest BCUT2D eigenvalue weighted by atomic mass is 35.5. The molecule has 0 aromatic heterocycles. The molecule has 0 saturated carbocycles. The van der Waals surface area contributed by atoms with Crippen LogP contribution < -0.4 is 4.74 Å². The zero-order valence-electron chi connectivity index (χ0n) is 13.0. The number of para-hydroxylation sites is 1. The summed E-state index contributed by atoms with van der Waals surface area (Å²) in [6.07, 6.45) is 3.77.